The molecule has 102 valence electrons. The van der Waals surface area contributed by atoms with Crippen molar-refractivity contribution < 1.29 is 9.13 Å². The lowest BCUT2D eigenvalue weighted by atomic mass is 9.99. The van der Waals surface area contributed by atoms with Crippen LogP contribution in [0.1, 0.15) is 25.3 Å². The molecule has 2 rings (SSSR count). The Hall–Kier alpha value is -1.81. The second kappa shape index (κ2) is 5.45. The molecule has 4 heteroatoms. The Balaban J connectivity index is 2.50. The zero-order valence-electron chi connectivity index (χ0n) is 11.4. The minimum atomic E-state index is -0.286. The molecule has 1 atom stereocenters. The molecule has 0 amide bonds. The smallest absolute Gasteiger partial charge is 0.153 e. The number of methoxy groups -OCH3 is 1. The Bertz CT molecular complexity index is 523. The molecule has 0 spiro atoms. The standard InChI is InChI=1S/C15H19FN2O/c1-10(2)12-8-11(16)9-13(15(12)17)18-7-5-4-6-14(18)19-3/h4-10,14H,17H2,1-3H3. The highest BCUT2D eigenvalue weighted by Crippen LogP contribution is 2.34. The summed E-state index contributed by atoms with van der Waals surface area (Å²) < 4.78 is 19.2. The van der Waals surface area contributed by atoms with Gasteiger partial charge in [-0.25, -0.2) is 4.39 Å². The van der Waals surface area contributed by atoms with Gasteiger partial charge >= 0.3 is 0 Å². The van der Waals surface area contributed by atoms with Crippen molar-refractivity contribution in [3.63, 3.8) is 0 Å². The van der Waals surface area contributed by atoms with Crippen molar-refractivity contribution in [2.75, 3.05) is 17.7 Å². The molecule has 1 aliphatic rings. The Morgan fingerprint density at radius 2 is 2.05 bits per heavy atom. The molecular weight excluding hydrogens is 243 g/mol. The first-order valence-corrected chi connectivity index (χ1v) is 6.29. The van der Waals surface area contributed by atoms with Gasteiger partial charge in [0, 0.05) is 13.3 Å². The predicted octanol–water partition coefficient (Wildman–Crippen LogP) is 3.39. The van der Waals surface area contributed by atoms with Crippen LogP contribution in [0.4, 0.5) is 15.8 Å². The van der Waals surface area contributed by atoms with E-state index in [9.17, 15) is 4.39 Å². The van der Waals surface area contributed by atoms with E-state index in [0.717, 1.165) is 5.56 Å². The monoisotopic (exact) mass is 262 g/mol. The van der Waals surface area contributed by atoms with E-state index in [-0.39, 0.29) is 18.0 Å². The van der Waals surface area contributed by atoms with E-state index < -0.39 is 0 Å². The third-order valence-corrected chi connectivity index (χ3v) is 3.20. The lowest BCUT2D eigenvalue weighted by Crippen LogP contribution is -2.32. The number of benzene rings is 1. The molecule has 19 heavy (non-hydrogen) atoms. The summed E-state index contributed by atoms with van der Waals surface area (Å²) in [5, 5.41) is 0. The van der Waals surface area contributed by atoms with Gasteiger partial charge in [-0.2, -0.15) is 0 Å². The third-order valence-electron chi connectivity index (χ3n) is 3.20. The number of hydrogen-bond acceptors (Lipinski definition) is 3. The van der Waals surface area contributed by atoms with Crippen LogP contribution >= 0.6 is 0 Å². The maximum absolute atomic E-state index is 13.8. The van der Waals surface area contributed by atoms with Crippen LogP contribution in [0, 0.1) is 5.82 Å². The highest BCUT2D eigenvalue weighted by molar-refractivity contribution is 5.74. The van der Waals surface area contributed by atoms with E-state index in [2.05, 4.69) is 0 Å². The van der Waals surface area contributed by atoms with Crippen LogP contribution in [0.5, 0.6) is 0 Å². The van der Waals surface area contributed by atoms with Gasteiger partial charge in [0.2, 0.25) is 0 Å². The van der Waals surface area contributed by atoms with Gasteiger partial charge in [-0.05, 0) is 35.8 Å². The van der Waals surface area contributed by atoms with Gasteiger partial charge in [-0.3, -0.25) is 0 Å². The first kappa shape index (κ1) is 13.6. The van der Waals surface area contributed by atoms with Crippen LogP contribution < -0.4 is 10.6 Å². The average Bonchev–Trinajstić information content (AvgIpc) is 2.40. The van der Waals surface area contributed by atoms with Gasteiger partial charge in [0.15, 0.2) is 6.23 Å². The number of hydrogen-bond donors (Lipinski definition) is 1. The van der Waals surface area contributed by atoms with Gasteiger partial charge in [0.1, 0.15) is 5.82 Å². The molecule has 0 bridgehead atoms. The summed E-state index contributed by atoms with van der Waals surface area (Å²) in [5.41, 5.74) is 8.22. The summed E-state index contributed by atoms with van der Waals surface area (Å²) in [6, 6.07) is 2.94. The summed E-state index contributed by atoms with van der Waals surface area (Å²) >= 11 is 0. The van der Waals surface area contributed by atoms with Crippen molar-refractivity contribution in [2.45, 2.75) is 26.0 Å². The molecule has 3 nitrogen and oxygen atoms in total. The van der Waals surface area contributed by atoms with Crippen molar-refractivity contribution in [1.29, 1.82) is 0 Å². The fraction of sp³-hybridized carbons (Fsp3) is 0.333. The number of ether oxygens (including phenoxy) is 1. The number of halogens is 1. The number of nitrogen functional groups attached to an aromatic ring is 1. The minimum absolute atomic E-state index is 0.166. The number of nitrogens with two attached hydrogens (primary N) is 1. The molecule has 0 aliphatic carbocycles. The molecule has 1 aliphatic heterocycles. The highest BCUT2D eigenvalue weighted by atomic mass is 19.1. The fourth-order valence-electron chi connectivity index (χ4n) is 2.20. The van der Waals surface area contributed by atoms with Crippen LogP contribution in [0.15, 0.2) is 36.6 Å². The molecule has 0 radical (unpaired) electrons. The molecule has 0 saturated heterocycles. The van der Waals surface area contributed by atoms with Crippen LogP contribution in [0.25, 0.3) is 0 Å². The van der Waals surface area contributed by atoms with Crippen molar-refractivity contribution in [1.82, 2.24) is 0 Å². The normalized spacial score (nSPS) is 18.4. The SMILES string of the molecule is COC1C=CC=CN1c1cc(F)cc(C(C)C)c1N. The summed E-state index contributed by atoms with van der Waals surface area (Å²) in [6.07, 6.45) is 7.22. The number of allylic oxidation sites excluding steroid dienone is 2. The topological polar surface area (TPSA) is 38.5 Å². The lowest BCUT2D eigenvalue weighted by molar-refractivity contribution is 0.144. The van der Waals surface area contributed by atoms with E-state index >= 15 is 0 Å². The molecule has 1 heterocycles. The maximum Gasteiger partial charge on any atom is 0.153 e. The largest absolute Gasteiger partial charge is 0.397 e. The van der Waals surface area contributed by atoms with Crippen LogP contribution in [-0.4, -0.2) is 13.3 Å². The van der Waals surface area contributed by atoms with Gasteiger partial charge in [-0.15, -0.1) is 0 Å². The zero-order valence-corrected chi connectivity index (χ0v) is 11.4. The Morgan fingerprint density at radius 3 is 2.68 bits per heavy atom. The second-order valence-electron chi connectivity index (χ2n) is 4.84. The molecule has 0 saturated carbocycles. The quantitative estimate of drug-likeness (QED) is 0.848. The molecule has 2 N–H and O–H groups in total. The highest BCUT2D eigenvalue weighted by Gasteiger charge is 2.21. The Kier molecular flexibility index (Phi) is 3.90. The van der Waals surface area contributed by atoms with Crippen LogP contribution in [0.2, 0.25) is 0 Å². The van der Waals surface area contributed by atoms with Crippen molar-refractivity contribution in [3.8, 4) is 0 Å². The van der Waals surface area contributed by atoms with Crippen LogP contribution in [-0.2, 0) is 4.74 Å². The summed E-state index contributed by atoms with van der Waals surface area (Å²) in [4.78, 5) is 1.82. The van der Waals surface area contributed by atoms with Crippen molar-refractivity contribution in [2.24, 2.45) is 0 Å². The number of anilines is 2. The maximum atomic E-state index is 13.8. The van der Waals surface area contributed by atoms with Crippen molar-refractivity contribution in [3.05, 3.63) is 47.9 Å². The number of rotatable bonds is 3. The van der Waals surface area contributed by atoms with E-state index in [4.69, 9.17) is 10.5 Å². The summed E-state index contributed by atoms with van der Waals surface area (Å²) in [6.45, 7) is 3.99. The van der Waals surface area contributed by atoms with Gasteiger partial charge < -0.3 is 15.4 Å². The van der Waals surface area contributed by atoms with Gasteiger partial charge in [-0.1, -0.05) is 19.9 Å². The Morgan fingerprint density at radius 1 is 1.32 bits per heavy atom. The minimum Gasteiger partial charge on any atom is -0.397 e. The van der Waals surface area contributed by atoms with Gasteiger partial charge in [0.05, 0.1) is 11.4 Å². The summed E-state index contributed by atoms with van der Waals surface area (Å²) in [7, 11) is 1.61. The predicted molar refractivity (Wildman–Crippen MR) is 76.5 cm³/mol. The molecule has 0 aromatic heterocycles. The molecular formula is C15H19FN2O. The van der Waals surface area contributed by atoms with Gasteiger partial charge in [0.25, 0.3) is 0 Å². The number of nitrogens with zero attached hydrogens (tertiary/aromatic N) is 1. The summed E-state index contributed by atoms with van der Waals surface area (Å²) in [5.74, 6) is -0.120. The Labute approximate surface area is 113 Å². The lowest BCUT2D eigenvalue weighted by Gasteiger charge is -2.31. The van der Waals surface area contributed by atoms with E-state index in [1.807, 2.05) is 43.2 Å². The molecule has 0 fully saturated rings. The van der Waals surface area contributed by atoms with E-state index in [0.29, 0.717) is 11.4 Å². The van der Waals surface area contributed by atoms with E-state index in [1.54, 1.807) is 7.11 Å². The first-order valence-electron chi connectivity index (χ1n) is 6.29. The van der Waals surface area contributed by atoms with Crippen LogP contribution in [0.3, 0.4) is 0 Å². The van der Waals surface area contributed by atoms with E-state index in [1.165, 1.54) is 12.1 Å². The second-order valence-corrected chi connectivity index (χ2v) is 4.84. The fourth-order valence-corrected chi connectivity index (χ4v) is 2.20. The third kappa shape index (κ3) is 2.63. The first-order chi connectivity index (χ1) is 9.04. The van der Waals surface area contributed by atoms with Crippen molar-refractivity contribution >= 4 is 11.4 Å². The molecule has 1 aromatic rings. The average molecular weight is 262 g/mol. The zero-order chi connectivity index (χ0) is 14.0. The molecule has 1 unspecified atom stereocenters. The molecule has 1 aromatic carbocycles.